The van der Waals surface area contributed by atoms with Crippen LogP contribution in [0.5, 0.6) is 0 Å². The third-order valence-corrected chi connectivity index (χ3v) is 3.59. The molecule has 6 heteroatoms. The van der Waals surface area contributed by atoms with Crippen molar-refractivity contribution >= 4 is 11.9 Å². The lowest BCUT2D eigenvalue weighted by atomic mass is 10.0. The first-order chi connectivity index (χ1) is 7.05. The maximum atomic E-state index is 11.3. The molecular weight excluding hydrogens is 216 g/mol. The van der Waals surface area contributed by atoms with E-state index in [2.05, 4.69) is 0 Å². The molecule has 0 amide bonds. The van der Waals surface area contributed by atoms with Crippen LogP contribution in [-0.4, -0.2) is 39.1 Å². The summed E-state index contributed by atoms with van der Waals surface area (Å²) in [5.74, 6) is -3.80. The number of carboxylic acid groups (broad SMARTS) is 2. The van der Waals surface area contributed by atoms with Crippen LogP contribution in [0.15, 0.2) is 0 Å². The zero-order chi connectivity index (χ0) is 12.6. The molecule has 1 saturated carbocycles. The summed E-state index contributed by atoms with van der Waals surface area (Å²) < 4.78 is 10.7. The van der Waals surface area contributed by atoms with Gasteiger partial charge in [0, 0.05) is 0 Å². The van der Waals surface area contributed by atoms with Crippen molar-refractivity contribution in [3.63, 3.8) is 0 Å². The van der Waals surface area contributed by atoms with E-state index in [1.165, 1.54) is 27.7 Å². The number of hydrogen-bond acceptors (Lipinski definition) is 4. The standard InChI is InChI=1S/C10H14O6/c1-7(2)9(5(11)12)10(7,6(13)14)16-8(3,4)15-9/h1-4H3,(H,11,12)(H,13,14). The van der Waals surface area contributed by atoms with Crippen LogP contribution in [0.4, 0.5) is 0 Å². The van der Waals surface area contributed by atoms with Gasteiger partial charge in [0.05, 0.1) is 5.41 Å². The van der Waals surface area contributed by atoms with Gasteiger partial charge >= 0.3 is 11.9 Å². The smallest absolute Gasteiger partial charge is 0.340 e. The number of carboxylic acids is 2. The van der Waals surface area contributed by atoms with Crippen molar-refractivity contribution < 1.29 is 29.3 Å². The molecule has 1 aliphatic carbocycles. The molecule has 2 atom stereocenters. The molecule has 1 heterocycles. The van der Waals surface area contributed by atoms with Crippen LogP contribution >= 0.6 is 0 Å². The SMILES string of the molecule is CC1(C)OC2(C(=O)O)C(C)(C)C2(C(=O)O)O1. The Labute approximate surface area is 92.2 Å². The van der Waals surface area contributed by atoms with Gasteiger partial charge in [-0.15, -0.1) is 0 Å². The molecule has 1 aliphatic heterocycles. The zero-order valence-corrected chi connectivity index (χ0v) is 9.53. The van der Waals surface area contributed by atoms with E-state index in [9.17, 15) is 19.8 Å². The number of carbonyl (C=O) groups is 2. The van der Waals surface area contributed by atoms with Crippen molar-refractivity contribution in [3.05, 3.63) is 0 Å². The maximum Gasteiger partial charge on any atom is 0.340 e. The van der Waals surface area contributed by atoms with Gasteiger partial charge in [-0.05, 0) is 13.8 Å². The molecule has 6 nitrogen and oxygen atoms in total. The minimum atomic E-state index is -1.80. The van der Waals surface area contributed by atoms with E-state index < -0.39 is 34.3 Å². The van der Waals surface area contributed by atoms with Crippen LogP contribution < -0.4 is 0 Å². The summed E-state index contributed by atoms with van der Waals surface area (Å²) in [6.07, 6.45) is 0. The first-order valence-electron chi connectivity index (χ1n) is 4.92. The van der Waals surface area contributed by atoms with Crippen molar-refractivity contribution in [1.82, 2.24) is 0 Å². The largest absolute Gasteiger partial charge is 0.479 e. The highest BCUT2D eigenvalue weighted by molar-refractivity contribution is 6.02. The third-order valence-electron chi connectivity index (χ3n) is 3.59. The van der Waals surface area contributed by atoms with Crippen molar-refractivity contribution in [2.45, 2.75) is 44.7 Å². The Morgan fingerprint density at radius 3 is 1.44 bits per heavy atom. The van der Waals surface area contributed by atoms with Gasteiger partial charge in [-0.25, -0.2) is 9.59 Å². The van der Waals surface area contributed by atoms with Crippen molar-refractivity contribution in [1.29, 1.82) is 0 Å². The quantitative estimate of drug-likeness (QED) is 0.715. The summed E-state index contributed by atoms with van der Waals surface area (Å²) in [7, 11) is 0. The van der Waals surface area contributed by atoms with Crippen LogP contribution in [0.25, 0.3) is 0 Å². The molecule has 0 aromatic carbocycles. The molecule has 1 saturated heterocycles. The second kappa shape index (κ2) is 2.41. The highest BCUT2D eigenvalue weighted by Crippen LogP contribution is 2.75. The van der Waals surface area contributed by atoms with Gasteiger partial charge in [0.15, 0.2) is 5.79 Å². The lowest BCUT2D eigenvalue weighted by Gasteiger charge is -2.27. The van der Waals surface area contributed by atoms with Crippen LogP contribution in [0, 0.1) is 5.41 Å². The zero-order valence-electron chi connectivity index (χ0n) is 9.53. The number of fused-ring (bicyclic) bond motifs is 1. The fourth-order valence-corrected chi connectivity index (χ4v) is 2.88. The minimum absolute atomic E-state index is 1.09. The Balaban J connectivity index is 2.58. The molecule has 0 aromatic rings. The molecule has 2 aliphatic rings. The lowest BCUT2D eigenvalue weighted by Crippen LogP contribution is -2.37. The number of aliphatic carboxylic acids is 2. The lowest BCUT2D eigenvalue weighted by molar-refractivity contribution is -0.225. The molecule has 0 aromatic heterocycles. The third kappa shape index (κ3) is 0.790. The first kappa shape index (κ1) is 11.3. The molecule has 0 spiro atoms. The van der Waals surface area contributed by atoms with Gasteiger partial charge < -0.3 is 19.7 Å². The summed E-state index contributed by atoms with van der Waals surface area (Å²) >= 11 is 0. The highest BCUT2D eigenvalue weighted by atomic mass is 16.8. The molecule has 16 heavy (non-hydrogen) atoms. The van der Waals surface area contributed by atoms with E-state index in [0.717, 1.165) is 0 Å². The van der Waals surface area contributed by atoms with Gasteiger partial charge in [0.2, 0.25) is 11.2 Å². The summed E-state index contributed by atoms with van der Waals surface area (Å²) in [5, 5.41) is 18.5. The number of hydrogen-bond donors (Lipinski definition) is 2. The van der Waals surface area contributed by atoms with Crippen molar-refractivity contribution in [2.24, 2.45) is 5.41 Å². The fourth-order valence-electron chi connectivity index (χ4n) is 2.88. The average molecular weight is 230 g/mol. The Morgan fingerprint density at radius 1 is 0.875 bits per heavy atom. The second-order valence-electron chi connectivity index (χ2n) is 5.20. The van der Waals surface area contributed by atoms with Gasteiger partial charge in [-0.3, -0.25) is 0 Å². The number of ether oxygens (including phenoxy) is 2. The van der Waals surface area contributed by atoms with Gasteiger partial charge in [0.25, 0.3) is 0 Å². The predicted octanol–water partition coefficient (Wildman–Crippen LogP) is 0.456. The maximum absolute atomic E-state index is 11.3. The second-order valence-corrected chi connectivity index (χ2v) is 5.20. The van der Waals surface area contributed by atoms with E-state index in [1.54, 1.807) is 0 Å². The molecule has 0 bridgehead atoms. The Hall–Kier alpha value is -1.14. The Bertz CT molecular complexity index is 364. The van der Waals surface area contributed by atoms with Crippen molar-refractivity contribution in [2.75, 3.05) is 0 Å². The van der Waals surface area contributed by atoms with Crippen LogP contribution in [0.3, 0.4) is 0 Å². The van der Waals surface area contributed by atoms with E-state index in [-0.39, 0.29) is 0 Å². The normalized spacial score (nSPS) is 42.5. The minimum Gasteiger partial charge on any atom is -0.479 e. The predicted molar refractivity (Wildman–Crippen MR) is 50.8 cm³/mol. The van der Waals surface area contributed by atoms with E-state index in [0.29, 0.717) is 0 Å². The average Bonchev–Trinajstić information content (AvgIpc) is 2.40. The first-order valence-corrected chi connectivity index (χ1v) is 4.92. The Morgan fingerprint density at radius 2 is 1.19 bits per heavy atom. The van der Waals surface area contributed by atoms with E-state index in [4.69, 9.17) is 9.47 Å². The molecule has 90 valence electrons. The Kier molecular flexibility index (Phi) is 1.71. The molecule has 2 N–H and O–H groups in total. The van der Waals surface area contributed by atoms with Crippen LogP contribution in [-0.2, 0) is 19.1 Å². The summed E-state index contributed by atoms with van der Waals surface area (Å²) in [6, 6.07) is 0. The van der Waals surface area contributed by atoms with Crippen LogP contribution in [0.1, 0.15) is 27.7 Å². The van der Waals surface area contributed by atoms with E-state index in [1.807, 2.05) is 0 Å². The summed E-state index contributed by atoms with van der Waals surface area (Å²) in [5.41, 5.74) is -4.68. The number of rotatable bonds is 2. The molecule has 2 rings (SSSR count). The van der Waals surface area contributed by atoms with Gasteiger partial charge in [-0.1, -0.05) is 13.8 Å². The fraction of sp³-hybridized carbons (Fsp3) is 0.800. The van der Waals surface area contributed by atoms with E-state index >= 15 is 0 Å². The molecular formula is C10H14O6. The monoisotopic (exact) mass is 230 g/mol. The van der Waals surface area contributed by atoms with Gasteiger partial charge in [0.1, 0.15) is 0 Å². The van der Waals surface area contributed by atoms with Crippen LogP contribution in [0.2, 0.25) is 0 Å². The highest BCUT2D eigenvalue weighted by Gasteiger charge is 2.98. The van der Waals surface area contributed by atoms with Crippen molar-refractivity contribution in [3.8, 4) is 0 Å². The summed E-state index contributed by atoms with van der Waals surface area (Å²) in [4.78, 5) is 22.6. The molecule has 2 unspecified atom stereocenters. The molecule has 2 fully saturated rings. The van der Waals surface area contributed by atoms with Gasteiger partial charge in [-0.2, -0.15) is 0 Å². The summed E-state index contributed by atoms with van der Waals surface area (Å²) in [6.45, 7) is 6.05. The topological polar surface area (TPSA) is 93.1 Å². The molecule has 0 radical (unpaired) electrons.